The predicted octanol–water partition coefficient (Wildman–Crippen LogP) is 4.32. The van der Waals surface area contributed by atoms with Crippen LogP contribution in [0, 0.1) is 0 Å². The van der Waals surface area contributed by atoms with Crippen LogP contribution in [0.5, 0.6) is 0 Å². The molecule has 0 aliphatic rings. The maximum Gasteiger partial charge on any atom is 0.267 e. The van der Waals surface area contributed by atoms with Crippen LogP contribution in [0.15, 0.2) is 0 Å². The Bertz CT molecular complexity index is 327. The molecule has 21 heavy (non-hydrogen) atoms. The van der Waals surface area contributed by atoms with Gasteiger partial charge < -0.3 is 5.11 Å². The molecule has 0 spiro atoms. The van der Waals surface area contributed by atoms with E-state index in [2.05, 4.69) is 6.92 Å². The smallest absolute Gasteiger partial charge is 0.267 e. The first-order chi connectivity index (χ1) is 9.91. The fourth-order valence-electron chi connectivity index (χ4n) is 2.63. The van der Waals surface area contributed by atoms with E-state index < -0.39 is 21.5 Å². The molecule has 0 aliphatic heterocycles. The molecule has 0 heterocycles. The molecular weight excluding hydrogens is 288 g/mol. The van der Waals surface area contributed by atoms with Crippen LogP contribution < -0.4 is 0 Å². The van der Waals surface area contributed by atoms with Crippen molar-refractivity contribution in [2.45, 2.75) is 102 Å². The minimum atomic E-state index is -3.99. The average Bonchev–Trinajstić information content (AvgIpc) is 2.40. The van der Waals surface area contributed by atoms with E-state index in [0.29, 0.717) is 25.7 Å². The van der Waals surface area contributed by atoms with Gasteiger partial charge in [0.2, 0.25) is 0 Å². The molecule has 2 unspecified atom stereocenters. The van der Waals surface area contributed by atoms with Gasteiger partial charge in [-0.15, -0.1) is 0 Å². The quantitative estimate of drug-likeness (QED) is 0.369. The van der Waals surface area contributed by atoms with Crippen LogP contribution in [0.4, 0.5) is 0 Å². The van der Waals surface area contributed by atoms with Crippen molar-refractivity contribution in [1.82, 2.24) is 0 Å². The van der Waals surface area contributed by atoms with Crippen molar-refractivity contribution in [1.29, 1.82) is 0 Å². The maximum atomic E-state index is 11.4. The van der Waals surface area contributed by atoms with E-state index >= 15 is 0 Å². The Hall–Kier alpha value is -0.130. The summed E-state index contributed by atoms with van der Waals surface area (Å²) in [5, 5.41) is 8.97. The van der Waals surface area contributed by atoms with Crippen LogP contribution in [0.2, 0.25) is 0 Å². The van der Waals surface area contributed by atoms with Gasteiger partial charge in [0.15, 0.2) is 0 Å². The summed E-state index contributed by atoms with van der Waals surface area (Å²) in [4.78, 5) is 0. The van der Waals surface area contributed by atoms with Crippen molar-refractivity contribution in [2.75, 3.05) is 0 Å². The summed E-state index contributed by atoms with van der Waals surface area (Å²) in [6, 6.07) is 0. The number of aliphatic hydroxyl groups excluding tert-OH is 1. The van der Waals surface area contributed by atoms with Crippen molar-refractivity contribution in [3.8, 4) is 0 Å². The van der Waals surface area contributed by atoms with Gasteiger partial charge in [0, 0.05) is 0 Å². The van der Waals surface area contributed by atoms with Crippen molar-refractivity contribution >= 4 is 10.1 Å². The molecule has 0 aromatic carbocycles. The Balaban J connectivity index is 3.93. The minimum Gasteiger partial charge on any atom is -0.393 e. The lowest BCUT2D eigenvalue weighted by Crippen LogP contribution is -2.22. The van der Waals surface area contributed by atoms with Crippen LogP contribution >= 0.6 is 0 Å². The van der Waals surface area contributed by atoms with Gasteiger partial charge in [0.1, 0.15) is 0 Å². The second kappa shape index (κ2) is 12.4. The summed E-state index contributed by atoms with van der Waals surface area (Å²) < 4.78 is 32.0. The molecule has 2 atom stereocenters. The van der Waals surface area contributed by atoms with Gasteiger partial charge in [-0.1, -0.05) is 65.2 Å². The number of hydrogen-bond acceptors (Lipinski definition) is 3. The first-order valence-corrected chi connectivity index (χ1v) is 10.1. The molecule has 0 fully saturated rings. The second-order valence-electron chi connectivity index (χ2n) is 6.07. The second-order valence-corrected chi connectivity index (χ2v) is 7.76. The summed E-state index contributed by atoms with van der Waals surface area (Å²) in [5.41, 5.74) is 0. The summed E-state index contributed by atoms with van der Waals surface area (Å²) in [6.45, 7) is 4.17. The summed E-state index contributed by atoms with van der Waals surface area (Å²) in [5.74, 6) is 0. The van der Waals surface area contributed by atoms with Crippen LogP contribution in [0.3, 0.4) is 0 Å². The molecule has 0 aliphatic carbocycles. The number of rotatable bonds is 14. The predicted molar refractivity (Wildman–Crippen MR) is 88.1 cm³/mol. The van der Waals surface area contributed by atoms with E-state index in [0.717, 1.165) is 25.7 Å². The highest BCUT2D eigenvalue weighted by Gasteiger charge is 2.23. The van der Waals surface area contributed by atoms with Gasteiger partial charge >= 0.3 is 0 Å². The maximum absolute atomic E-state index is 11.4. The van der Waals surface area contributed by atoms with Crippen LogP contribution in [-0.4, -0.2) is 29.4 Å². The van der Waals surface area contributed by atoms with Crippen molar-refractivity contribution in [3.05, 3.63) is 0 Å². The molecule has 0 radical (unpaired) electrons. The van der Waals surface area contributed by atoms with Crippen molar-refractivity contribution in [2.24, 2.45) is 0 Å². The third-order valence-corrected chi connectivity index (χ3v) is 5.31. The van der Waals surface area contributed by atoms with Gasteiger partial charge in [-0.25, -0.2) is 0 Å². The average molecular weight is 323 g/mol. The van der Waals surface area contributed by atoms with E-state index in [4.69, 9.17) is 0 Å². The Morgan fingerprint density at radius 1 is 0.762 bits per heavy atom. The topological polar surface area (TPSA) is 74.6 Å². The van der Waals surface area contributed by atoms with Crippen LogP contribution in [0.25, 0.3) is 0 Å². The van der Waals surface area contributed by atoms with Gasteiger partial charge in [-0.2, -0.15) is 8.42 Å². The van der Waals surface area contributed by atoms with Crippen molar-refractivity contribution < 1.29 is 18.1 Å². The number of hydrogen-bond donors (Lipinski definition) is 2. The van der Waals surface area contributed by atoms with E-state index in [1.54, 1.807) is 0 Å². The first-order valence-electron chi connectivity index (χ1n) is 8.56. The largest absolute Gasteiger partial charge is 0.393 e. The molecule has 0 saturated carbocycles. The summed E-state index contributed by atoms with van der Waals surface area (Å²) >= 11 is 0. The Labute approximate surface area is 131 Å². The third-order valence-electron chi connectivity index (χ3n) is 3.99. The summed E-state index contributed by atoms with van der Waals surface area (Å²) in [6.07, 6.45) is 10.4. The molecule has 128 valence electrons. The molecule has 0 aromatic heterocycles. The zero-order valence-electron chi connectivity index (χ0n) is 13.8. The third kappa shape index (κ3) is 12.1. The number of unbranched alkanes of at least 4 members (excludes halogenated alkanes) is 6. The molecule has 0 aromatic rings. The fraction of sp³-hybridized carbons (Fsp3) is 1.00. The normalized spacial score (nSPS) is 15.0. The monoisotopic (exact) mass is 322 g/mol. The van der Waals surface area contributed by atoms with E-state index in [-0.39, 0.29) is 0 Å². The molecule has 0 amide bonds. The minimum absolute atomic E-state index is 0.357. The Morgan fingerprint density at radius 3 is 1.86 bits per heavy atom. The SMILES string of the molecule is CCCCCCCCCC(CCC(O)CCC)S(=O)(=O)O. The fourth-order valence-corrected chi connectivity index (χ4v) is 3.53. The lowest BCUT2D eigenvalue weighted by molar-refractivity contribution is 0.150. The lowest BCUT2D eigenvalue weighted by Gasteiger charge is -2.16. The molecule has 0 bridgehead atoms. The van der Waals surface area contributed by atoms with E-state index in [9.17, 15) is 18.1 Å². The lowest BCUT2D eigenvalue weighted by atomic mass is 10.0. The molecule has 2 N–H and O–H groups in total. The van der Waals surface area contributed by atoms with Gasteiger partial charge in [0.05, 0.1) is 11.4 Å². The molecule has 5 heteroatoms. The highest BCUT2D eigenvalue weighted by atomic mass is 32.2. The molecular formula is C16H34O4S. The van der Waals surface area contributed by atoms with E-state index in [1.165, 1.54) is 25.7 Å². The van der Waals surface area contributed by atoms with Crippen LogP contribution in [0.1, 0.15) is 90.9 Å². The van der Waals surface area contributed by atoms with E-state index in [1.807, 2.05) is 6.92 Å². The van der Waals surface area contributed by atoms with Gasteiger partial charge in [0.25, 0.3) is 10.1 Å². The molecule has 0 saturated heterocycles. The van der Waals surface area contributed by atoms with Gasteiger partial charge in [-0.05, 0) is 25.7 Å². The Kier molecular flexibility index (Phi) is 12.3. The van der Waals surface area contributed by atoms with Gasteiger partial charge in [-0.3, -0.25) is 4.55 Å². The zero-order valence-corrected chi connectivity index (χ0v) is 14.6. The standard InChI is InChI=1S/C16H34O4S/c1-3-5-6-7-8-9-10-12-16(21(18,19)20)14-13-15(17)11-4-2/h15-17H,3-14H2,1-2H3,(H,18,19,20). The summed E-state index contributed by atoms with van der Waals surface area (Å²) in [7, 11) is -3.99. The number of aliphatic hydroxyl groups is 1. The highest BCUT2D eigenvalue weighted by Crippen LogP contribution is 2.19. The van der Waals surface area contributed by atoms with Crippen LogP contribution in [-0.2, 0) is 10.1 Å². The van der Waals surface area contributed by atoms with Crippen molar-refractivity contribution in [3.63, 3.8) is 0 Å². The molecule has 4 nitrogen and oxygen atoms in total. The first kappa shape index (κ1) is 20.9. The highest BCUT2D eigenvalue weighted by molar-refractivity contribution is 7.86. The zero-order chi connectivity index (χ0) is 16.1. The molecule has 0 rings (SSSR count). The Morgan fingerprint density at radius 2 is 1.33 bits per heavy atom.